The Kier molecular flexibility index (Phi) is 4.53. The summed E-state index contributed by atoms with van der Waals surface area (Å²) in [5.41, 5.74) is -0.595. The molecule has 0 aromatic carbocycles. The third kappa shape index (κ3) is 4.08. The summed E-state index contributed by atoms with van der Waals surface area (Å²) in [6, 6.07) is 0. The van der Waals surface area contributed by atoms with Gasteiger partial charge in [0.15, 0.2) is 0 Å². The first kappa shape index (κ1) is 15.1. The van der Waals surface area contributed by atoms with E-state index in [9.17, 15) is 13.6 Å². The number of nitrogens with one attached hydrogen (secondary N) is 1. The smallest absolute Gasteiger partial charge is 0.410 e. The van der Waals surface area contributed by atoms with E-state index in [1.807, 2.05) is 0 Å². The summed E-state index contributed by atoms with van der Waals surface area (Å²) in [5, 5.41) is 2.48. The topological polar surface area (TPSA) is 41.6 Å². The predicted molar refractivity (Wildman–Crippen MR) is 64.8 cm³/mol. The van der Waals surface area contributed by atoms with Crippen LogP contribution in [0.25, 0.3) is 0 Å². The first-order chi connectivity index (χ1) is 8.15. The molecular formula is C12H22F2N2O2. The molecule has 0 aromatic rings. The van der Waals surface area contributed by atoms with Gasteiger partial charge in [-0.2, -0.15) is 0 Å². The van der Waals surface area contributed by atoms with Crippen LogP contribution in [-0.2, 0) is 4.74 Å². The number of rotatable bonds is 3. The van der Waals surface area contributed by atoms with E-state index >= 15 is 0 Å². The molecule has 1 aliphatic rings. The Morgan fingerprint density at radius 1 is 1.44 bits per heavy atom. The van der Waals surface area contributed by atoms with E-state index in [0.29, 0.717) is 13.0 Å². The first-order valence-electron chi connectivity index (χ1n) is 6.16. The normalized spacial score (nSPS) is 21.2. The lowest BCUT2D eigenvalue weighted by Gasteiger charge is -2.26. The fourth-order valence-electron chi connectivity index (χ4n) is 1.98. The number of alkyl halides is 2. The molecule has 0 aromatic heterocycles. The van der Waals surface area contributed by atoms with Crippen LogP contribution in [0.4, 0.5) is 13.6 Å². The lowest BCUT2D eigenvalue weighted by atomic mass is 10.0. The number of halogens is 2. The van der Waals surface area contributed by atoms with Gasteiger partial charge in [-0.1, -0.05) is 0 Å². The van der Waals surface area contributed by atoms with Crippen molar-refractivity contribution in [3.05, 3.63) is 0 Å². The summed E-state index contributed by atoms with van der Waals surface area (Å²) in [6.45, 7) is 5.30. The Bertz CT molecular complexity index is 303. The Morgan fingerprint density at radius 3 is 2.56 bits per heavy atom. The Hall–Kier alpha value is -0.910. The summed E-state index contributed by atoms with van der Waals surface area (Å²) in [5.74, 6) is -3.58. The minimum absolute atomic E-state index is 0.0591. The minimum atomic E-state index is -2.79. The fourth-order valence-corrected chi connectivity index (χ4v) is 1.98. The molecule has 0 saturated carbocycles. The standard InChI is InChI=1S/C12H22F2N2O2/c1-11(2,3)18-10(17)16-6-5-9(7-16)12(13,14)8-15-4/h9,15H,5-8H2,1-4H3. The van der Waals surface area contributed by atoms with Crippen molar-refractivity contribution >= 4 is 6.09 Å². The molecule has 0 spiro atoms. The fraction of sp³-hybridized carbons (Fsp3) is 0.917. The third-order valence-corrected chi connectivity index (χ3v) is 2.85. The average molecular weight is 264 g/mol. The number of likely N-dealkylation sites (tertiary alicyclic amines) is 1. The highest BCUT2D eigenvalue weighted by molar-refractivity contribution is 5.68. The van der Waals surface area contributed by atoms with Gasteiger partial charge in [0.1, 0.15) is 5.60 Å². The summed E-state index contributed by atoms with van der Waals surface area (Å²) >= 11 is 0. The first-order valence-corrected chi connectivity index (χ1v) is 6.16. The summed E-state index contributed by atoms with van der Waals surface area (Å²) < 4.78 is 32.5. The SMILES string of the molecule is CNCC(F)(F)C1CCN(C(=O)OC(C)(C)C)C1. The number of amides is 1. The van der Waals surface area contributed by atoms with Crippen LogP contribution in [-0.4, -0.2) is 49.2 Å². The molecule has 18 heavy (non-hydrogen) atoms. The van der Waals surface area contributed by atoms with Gasteiger partial charge in [-0.15, -0.1) is 0 Å². The van der Waals surface area contributed by atoms with E-state index in [0.717, 1.165) is 0 Å². The molecule has 1 fully saturated rings. The van der Waals surface area contributed by atoms with Gasteiger partial charge < -0.3 is 15.0 Å². The van der Waals surface area contributed by atoms with Crippen molar-refractivity contribution in [2.45, 2.75) is 38.7 Å². The average Bonchev–Trinajstić information content (AvgIpc) is 2.63. The maximum Gasteiger partial charge on any atom is 0.410 e. The van der Waals surface area contributed by atoms with Crippen molar-refractivity contribution in [1.82, 2.24) is 10.2 Å². The van der Waals surface area contributed by atoms with E-state index in [-0.39, 0.29) is 13.1 Å². The van der Waals surface area contributed by atoms with Crippen LogP contribution in [0.1, 0.15) is 27.2 Å². The van der Waals surface area contributed by atoms with Crippen LogP contribution < -0.4 is 5.32 Å². The van der Waals surface area contributed by atoms with Gasteiger partial charge in [0.2, 0.25) is 0 Å². The van der Waals surface area contributed by atoms with Gasteiger partial charge in [-0.3, -0.25) is 0 Å². The molecule has 1 rings (SSSR count). The molecular weight excluding hydrogens is 242 g/mol. The van der Waals surface area contributed by atoms with Gasteiger partial charge in [0.25, 0.3) is 5.92 Å². The zero-order chi connectivity index (χ0) is 14.0. The lowest BCUT2D eigenvalue weighted by molar-refractivity contribution is -0.0508. The highest BCUT2D eigenvalue weighted by Gasteiger charge is 2.44. The van der Waals surface area contributed by atoms with Crippen LogP contribution in [0, 0.1) is 5.92 Å². The van der Waals surface area contributed by atoms with E-state index in [2.05, 4.69) is 5.32 Å². The van der Waals surface area contributed by atoms with E-state index < -0.39 is 23.5 Å². The maximum atomic E-state index is 13.7. The van der Waals surface area contributed by atoms with Gasteiger partial charge in [0, 0.05) is 19.0 Å². The second kappa shape index (κ2) is 5.38. The molecule has 0 radical (unpaired) electrons. The maximum absolute atomic E-state index is 13.7. The summed E-state index contributed by atoms with van der Waals surface area (Å²) in [4.78, 5) is 13.1. The summed E-state index contributed by atoms with van der Waals surface area (Å²) in [6.07, 6.45) is -0.196. The van der Waals surface area contributed by atoms with E-state index in [1.54, 1.807) is 20.8 Å². The number of ether oxygens (including phenoxy) is 1. The van der Waals surface area contributed by atoms with Crippen molar-refractivity contribution in [3.8, 4) is 0 Å². The molecule has 1 atom stereocenters. The number of carbonyl (C=O) groups is 1. The monoisotopic (exact) mass is 264 g/mol. The molecule has 1 saturated heterocycles. The number of nitrogens with zero attached hydrogens (tertiary/aromatic N) is 1. The quantitative estimate of drug-likeness (QED) is 0.848. The molecule has 1 aliphatic heterocycles. The zero-order valence-corrected chi connectivity index (χ0v) is 11.4. The number of hydrogen-bond donors (Lipinski definition) is 1. The third-order valence-electron chi connectivity index (χ3n) is 2.85. The molecule has 0 aliphatic carbocycles. The van der Waals surface area contributed by atoms with Crippen molar-refractivity contribution < 1.29 is 18.3 Å². The predicted octanol–water partition coefficient (Wildman–Crippen LogP) is 2.10. The van der Waals surface area contributed by atoms with Crippen LogP contribution in [0.3, 0.4) is 0 Å². The molecule has 1 amide bonds. The number of carbonyl (C=O) groups excluding carboxylic acids is 1. The Labute approximate surface area is 107 Å². The second-order valence-corrected chi connectivity index (χ2v) is 5.70. The van der Waals surface area contributed by atoms with Crippen molar-refractivity contribution in [3.63, 3.8) is 0 Å². The summed E-state index contributed by atoms with van der Waals surface area (Å²) in [7, 11) is 1.49. The van der Waals surface area contributed by atoms with Crippen LogP contribution >= 0.6 is 0 Å². The highest BCUT2D eigenvalue weighted by Crippen LogP contribution is 2.32. The van der Waals surface area contributed by atoms with Gasteiger partial charge in [0.05, 0.1) is 6.54 Å². The van der Waals surface area contributed by atoms with Crippen LogP contribution in [0.5, 0.6) is 0 Å². The van der Waals surface area contributed by atoms with Gasteiger partial charge in [-0.25, -0.2) is 13.6 Å². The molecule has 106 valence electrons. The molecule has 4 nitrogen and oxygen atoms in total. The molecule has 1 N–H and O–H groups in total. The Balaban J connectivity index is 2.53. The molecule has 1 unspecified atom stereocenters. The largest absolute Gasteiger partial charge is 0.444 e. The van der Waals surface area contributed by atoms with Gasteiger partial charge >= 0.3 is 6.09 Å². The van der Waals surface area contributed by atoms with Gasteiger partial charge in [-0.05, 0) is 34.2 Å². The van der Waals surface area contributed by atoms with Crippen LogP contribution in [0.2, 0.25) is 0 Å². The Morgan fingerprint density at radius 2 is 2.06 bits per heavy atom. The van der Waals surface area contributed by atoms with E-state index in [4.69, 9.17) is 4.74 Å². The zero-order valence-electron chi connectivity index (χ0n) is 11.4. The highest BCUT2D eigenvalue weighted by atomic mass is 19.3. The van der Waals surface area contributed by atoms with Crippen molar-refractivity contribution in [2.24, 2.45) is 5.92 Å². The molecule has 6 heteroatoms. The lowest BCUT2D eigenvalue weighted by Crippen LogP contribution is -2.41. The van der Waals surface area contributed by atoms with E-state index in [1.165, 1.54) is 11.9 Å². The molecule has 0 bridgehead atoms. The van der Waals surface area contributed by atoms with Crippen LogP contribution in [0.15, 0.2) is 0 Å². The van der Waals surface area contributed by atoms with Crippen molar-refractivity contribution in [1.29, 1.82) is 0 Å². The number of hydrogen-bond acceptors (Lipinski definition) is 3. The minimum Gasteiger partial charge on any atom is -0.444 e. The molecule has 1 heterocycles. The second-order valence-electron chi connectivity index (χ2n) is 5.70. The van der Waals surface area contributed by atoms with Crippen molar-refractivity contribution in [2.75, 3.05) is 26.7 Å².